The fraction of sp³-hybridized carbons (Fsp3) is 0.200. The molecule has 0 saturated carbocycles. The van der Waals surface area contributed by atoms with Crippen LogP contribution in [0.25, 0.3) is 27.7 Å². The first kappa shape index (κ1) is 20.8. The van der Waals surface area contributed by atoms with Gasteiger partial charge in [-0.1, -0.05) is 42.5 Å². The molecule has 0 atom stereocenters. The molecule has 0 N–H and O–H groups in total. The van der Waals surface area contributed by atoms with Gasteiger partial charge in [-0.2, -0.15) is 9.78 Å². The predicted molar refractivity (Wildman–Crippen MR) is 127 cm³/mol. The second-order valence-corrected chi connectivity index (χ2v) is 7.96. The van der Waals surface area contributed by atoms with E-state index in [0.717, 1.165) is 16.8 Å². The van der Waals surface area contributed by atoms with Gasteiger partial charge in [0, 0.05) is 35.8 Å². The summed E-state index contributed by atoms with van der Waals surface area (Å²) in [5.41, 5.74) is 2.84. The second-order valence-electron chi connectivity index (χ2n) is 7.96. The molecule has 0 aliphatic carbocycles. The van der Waals surface area contributed by atoms with Crippen molar-refractivity contribution in [1.82, 2.24) is 9.78 Å². The van der Waals surface area contributed by atoms with Crippen molar-refractivity contribution in [1.29, 1.82) is 0 Å². The van der Waals surface area contributed by atoms with E-state index >= 15 is 0 Å². The van der Waals surface area contributed by atoms with Crippen LogP contribution in [0.4, 0.5) is 11.4 Å². The lowest BCUT2D eigenvalue weighted by atomic mass is 10.0. The molecule has 1 aliphatic rings. The lowest BCUT2D eigenvalue weighted by molar-refractivity contribution is -0.384. The van der Waals surface area contributed by atoms with Gasteiger partial charge in [0.2, 0.25) is 0 Å². The van der Waals surface area contributed by atoms with Gasteiger partial charge < -0.3 is 9.64 Å². The zero-order valence-corrected chi connectivity index (χ0v) is 18.1. The number of aromatic nitrogens is 2. The Morgan fingerprint density at radius 3 is 2.39 bits per heavy atom. The number of anilines is 1. The smallest absolute Gasteiger partial charge is 0.295 e. The van der Waals surface area contributed by atoms with Crippen LogP contribution in [-0.2, 0) is 4.74 Å². The normalized spacial score (nSPS) is 13.9. The molecule has 1 aromatic heterocycles. The molecule has 3 aromatic carbocycles. The van der Waals surface area contributed by atoms with Gasteiger partial charge in [-0.05, 0) is 30.7 Å². The van der Waals surface area contributed by atoms with Crippen molar-refractivity contribution < 1.29 is 9.66 Å². The number of nitrogens with zero attached hydrogens (tertiary/aromatic N) is 4. The first-order chi connectivity index (χ1) is 16.0. The first-order valence-electron chi connectivity index (χ1n) is 10.7. The summed E-state index contributed by atoms with van der Waals surface area (Å²) in [4.78, 5) is 27.0. The highest BCUT2D eigenvalue weighted by Gasteiger charge is 2.23. The molecule has 5 rings (SSSR count). The van der Waals surface area contributed by atoms with Crippen LogP contribution in [0.5, 0.6) is 0 Å². The summed E-state index contributed by atoms with van der Waals surface area (Å²) < 4.78 is 6.60. The number of fused-ring (bicyclic) bond motifs is 1. The van der Waals surface area contributed by atoms with Gasteiger partial charge in [-0.3, -0.25) is 14.9 Å². The van der Waals surface area contributed by atoms with Crippen molar-refractivity contribution in [3.05, 3.63) is 92.8 Å². The number of morpholine rings is 1. The molecule has 33 heavy (non-hydrogen) atoms. The van der Waals surface area contributed by atoms with E-state index in [-0.39, 0.29) is 11.4 Å². The average molecular weight is 442 g/mol. The summed E-state index contributed by atoms with van der Waals surface area (Å²) in [5.74, 6) is 0. The Bertz CT molecular complexity index is 1420. The van der Waals surface area contributed by atoms with Gasteiger partial charge >= 0.3 is 0 Å². The van der Waals surface area contributed by atoms with Gasteiger partial charge in [0.05, 0.1) is 29.2 Å². The Kier molecular flexibility index (Phi) is 5.35. The third kappa shape index (κ3) is 3.74. The SMILES string of the molecule is Cc1ccccc1-c1nn(-c2cc(N3CCOCC3)ccc2[N+](=O)[O-])c(=O)c2ccccc12. The molecule has 166 valence electrons. The molecule has 0 amide bonds. The van der Waals surface area contributed by atoms with Crippen molar-refractivity contribution >= 4 is 22.1 Å². The van der Waals surface area contributed by atoms with Crippen LogP contribution in [0.2, 0.25) is 0 Å². The Labute approximate surface area is 189 Å². The number of rotatable bonds is 4. The Morgan fingerprint density at radius 1 is 0.970 bits per heavy atom. The van der Waals surface area contributed by atoms with Crippen molar-refractivity contribution in [2.75, 3.05) is 31.2 Å². The first-order valence-corrected chi connectivity index (χ1v) is 10.7. The number of hydrogen-bond donors (Lipinski definition) is 0. The Hall–Kier alpha value is -4.04. The van der Waals surface area contributed by atoms with Crippen molar-refractivity contribution in [2.24, 2.45) is 0 Å². The molecule has 1 saturated heterocycles. The summed E-state index contributed by atoms with van der Waals surface area (Å²) in [5, 5.41) is 17.7. The highest BCUT2D eigenvalue weighted by atomic mass is 16.6. The fourth-order valence-corrected chi connectivity index (χ4v) is 4.24. The molecule has 1 fully saturated rings. The van der Waals surface area contributed by atoms with Crippen LogP contribution in [0, 0.1) is 17.0 Å². The summed E-state index contributed by atoms with van der Waals surface area (Å²) in [7, 11) is 0. The zero-order chi connectivity index (χ0) is 22.9. The molecule has 8 heteroatoms. The molecule has 2 heterocycles. The summed E-state index contributed by atoms with van der Waals surface area (Å²) >= 11 is 0. The van der Waals surface area contributed by atoms with Gasteiger partial charge in [0.15, 0.2) is 0 Å². The van der Waals surface area contributed by atoms with E-state index in [1.54, 1.807) is 24.3 Å². The lowest BCUT2D eigenvalue weighted by Crippen LogP contribution is -2.36. The number of nitro groups is 1. The maximum atomic E-state index is 13.5. The maximum absolute atomic E-state index is 13.5. The van der Waals surface area contributed by atoms with Crippen LogP contribution in [0.3, 0.4) is 0 Å². The Balaban J connectivity index is 1.80. The molecule has 0 bridgehead atoms. The quantitative estimate of drug-likeness (QED) is 0.349. The van der Waals surface area contributed by atoms with Crippen LogP contribution in [0.15, 0.2) is 71.5 Å². The van der Waals surface area contributed by atoms with E-state index in [1.807, 2.05) is 43.3 Å². The predicted octanol–water partition coefficient (Wildman–Crippen LogP) is 4.11. The van der Waals surface area contributed by atoms with E-state index in [4.69, 9.17) is 4.74 Å². The van der Waals surface area contributed by atoms with E-state index in [9.17, 15) is 14.9 Å². The van der Waals surface area contributed by atoms with Crippen molar-refractivity contribution in [2.45, 2.75) is 6.92 Å². The summed E-state index contributed by atoms with van der Waals surface area (Å²) in [6, 6.07) is 19.8. The minimum Gasteiger partial charge on any atom is -0.378 e. The molecule has 0 unspecified atom stereocenters. The minimum atomic E-state index is -0.477. The molecular formula is C25H22N4O4. The topological polar surface area (TPSA) is 90.5 Å². The summed E-state index contributed by atoms with van der Waals surface area (Å²) in [6.45, 7) is 4.48. The zero-order valence-electron chi connectivity index (χ0n) is 18.1. The average Bonchev–Trinajstić information content (AvgIpc) is 2.85. The van der Waals surface area contributed by atoms with Crippen LogP contribution >= 0.6 is 0 Å². The largest absolute Gasteiger partial charge is 0.378 e. The highest BCUT2D eigenvalue weighted by molar-refractivity contribution is 5.94. The van der Waals surface area contributed by atoms with Gasteiger partial charge in [-0.25, -0.2) is 0 Å². The van der Waals surface area contributed by atoms with Crippen molar-refractivity contribution in [3.8, 4) is 16.9 Å². The minimum absolute atomic E-state index is 0.148. The van der Waals surface area contributed by atoms with Crippen molar-refractivity contribution in [3.63, 3.8) is 0 Å². The third-order valence-corrected chi connectivity index (χ3v) is 5.97. The Morgan fingerprint density at radius 2 is 1.67 bits per heavy atom. The van der Waals surface area contributed by atoms with E-state index in [1.165, 1.54) is 10.7 Å². The molecule has 8 nitrogen and oxygen atoms in total. The van der Waals surface area contributed by atoms with Crippen LogP contribution in [0.1, 0.15) is 5.56 Å². The number of aryl methyl sites for hydroxylation is 1. The number of nitro benzene ring substituents is 1. The molecule has 4 aromatic rings. The van der Waals surface area contributed by atoms with Gasteiger partial charge in [0.25, 0.3) is 11.2 Å². The van der Waals surface area contributed by atoms with Gasteiger partial charge in [0.1, 0.15) is 5.69 Å². The number of benzene rings is 3. The fourth-order valence-electron chi connectivity index (χ4n) is 4.24. The van der Waals surface area contributed by atoms with Crippen LogP contribution < -0.4 is 10.5 Å². The highest BCUT2D eigenvalue weighted by Crippen LogP contribution is 2.31. The summed E-state index contributed by atoms with van der Waals surface area (Å²) in [6.07, 6.45) is 0. The molecule has 1 aliphatic heterocycles. The number of hydrogen-bond acceptors (Lipinski definition) is 6. The maximum Gasteiger partial charge on any atom is 0.295 e. The second kappa shape index (κ2) is 8.48. The van der Waals surface area contributed by atoms with E-state index in [0.29, 0.717) is 42.8 Å². The van der Waals surface area contributed by atoms with E-state index < -0.39 is 10.5 Å². The molecule has 0 spiro atoms. The monoisotopic (exact) mass is 442 g/mol. The lowest BCUT2D eigenvalue weighted by Gasteiger charge is -2.29. The number of ether oxygens (including phenoxy) is 1. The molecule has 0 radical (unpaired) electrons. The van der Waals surface area contributed by atoms with E-state index in [2.05, 4.69) is 10.00 Å². The van der Waals surface area contributed by atoms with Gasteiger partial charge in [-0.15, -0.1) is 0 Å². The molecular weight excluding hydrogens is 420 g/mol. The van der Waals surface area contributed by atoms with Crippen LogP contribution in [-0.4, -0.2) is 41.0 Å². The third-order valence-electron chi connectivity index (χ3n) is 5.97. The standard InChI is InChI=1S/C25H22N4O4/c1-17-6-2-3-7-19(17)24-20-8-4-5-9-21(20)25(30)28(26-24)23-16-18(10-11-22(23)29(31)32)27-12-14-33-15-13-27/h2-11,16H,12-15H2,1H3.